The second-order valence-corrected chi connectivity index (χ2v) is 5.28. The van der Waals surface area contributed by atoms with Gasteiger partial charge in [-0.1, -0.05) is 43.7 Å². The summed E-state index contributed by atoms with van der Waals surface area (Å²) in [6, 6.07) is 9.54. The molecule has 23 heavy (non-hydrogen) atoms. The van der Waals surface area contributed by atoms with Gasteiger partial charge in [-0.05, 0) is 69.6 Å². The SMILES string of the molecule is CCC(CC(=O)c1ccccc1)[C]1[CH][CH][CH][CH]1.[CH]1[CH][CH][CH][CH]1.[Fe+2]. The zero-order valence-electron chi connectivity index (χ0n) is 13.3. The van der Waals surface area contributed by atoms with Crippen LogP contribution in [0.5, 0.6) is 0 Å². The van der Waals surface area contributed by atoms with Gasteiger partial charge in [-0.2, -0.15) is 0 Å². The molecule has 0 spiro atoms. The number of ketones is 1. The van der Waals surface area contributed by atoms with Crippen LogP contribution in [0.15, 0.2) is 30.3 Å². The van der Waals surface area contributed by atoms with Gasteiger partial charge in [-0.25, -0.2) is 0 Å². The molecule has 1 atom stereocenters. The third-order valence-electron chi connectivity index (χ3n) is 3.74. The van der Waals surface area contributed by atoms with Crippen LogP contribution in [-0.4, -0.2) is 5.78 Å². The van der Waals surface area contributed by atoms with Crippen LogP contribution in [0.25, 0.3) is 0 Å². The van der Waals surface area contributed by atoms with E-state index in [1.165, 1.54) is 5.92 Å². The molecule has 2 aliphatic rings. The zero-order valence-corrected chi connectivity index (χ0v) is 14.4. The fourth-order valence-corrected chi connectivity index (χ4v) is 2.45. The van der Waals surface area contributed by atoms with Crippen molar-refractivity contribution in [2.75, 3.05) is 0 Å². The molecular formula is C21H22FeO+2. The van der Waals surface area contributed by atoms with Crippen LogP contribution in [-0.2, 0) is 17.1 Å². The Morgan fingerprint density at radius 1 is 0.870 bits per heavy atom. The Morgan fingerprint density at radius 3 is 1.87 bits per heavy atom. The molecule has 0 amide bonds. The van der Waals surface area contributed by atoms with Crippen molar-refractivity contribution in [2.45, 2.75) is 19.8 Å². The molecule has 0 heterocycles. The van der Waals surface area contributed by atoms with Gasteiger partial charge in [0.15, 0.2) is 5.78 Å². The Hall–Kier alpha value is -0.591. The van der Waals surface area contributed by atoms with Gasteiger partial charge in [0.2, 0.25) is 0 Å². The second kappa shape index (κ2) is 11.9. The van der Waals surface area contributed by atoms with Crippen molar-refractivity contribution in [1.29, 1.82) is 0 Å². The molecule has 1 nitrogen and oxygen atoms in total. The van der Waals surface area contributed by atoms with Crippen LogP contribution in [0.4, 0.5) is 0 Å². The van der Waals surface area contributed by atoms with Gasteiger partial charge >= 0.3 is 17.1 Å². The molecule has 1 unspecified atom stereocenters. The van der Waals surface area contributed by atoms with Crippen LogP contribution in [0.3, 0.4) is 0 Å². The van der Waals surface area contributed by atoms with E-state index >= 15 is 0 Å². The molecule has 0 bridgehead atoms. The largest absolute Gasteiger partial charge is 2.00 e. The molecule has 0 aromatic heterocycles. The number of hydrogen-bond donors (Lipinski definition) is 0. The first kappa shape index (κ1) is 20.5. The fraction of sp³-hybridized carbons (Fsp3) is 0.190. The third-order valence-corrected chi connectivity index (χ3v) is 3.74. The second-order valence-electron chi connectivity index (χ2n) is 5.28. The quantitative estimate of drug-likeness (QED) is 0.557. The first-order valence-corrected chi connectivity index (χ1v) is 7.77. The van der Waals surface area contributed by atoms with E-state index in [0.29, 0.717) is 12.3 Å². The monoisotopic (exact) mass is 346 g/mol. The van der Waals surface area contributed by atoms with Crippen LogP contribution in [0.2, 0.25) is 0 Å². The van der Waals surface area contributed by atoms with Crippen molar-refractivity contribution < 1.29 is 21.9 Å². The molecule has 1 aromatic carbocycles. The summed E-state index contributed by atoms with van der Waals surface area (Å²) in [6.45, 7) is 2.13. The Bertz CT molecular complexity index is 411. The van der Waals surface area contributed by atoms with Crippen molar-refractivity contribution in [2.24, 2.45) is 5.92 Å². The van der Waals surface area contributed by atoms with Crippen LogP contribution < -0.4 is 0 Å². The predicted octanol–water partition coefficient (Wildman–Crippen LogP) is 4.71. The van der Waals surface area contributed by atoms with Crippen molar-refractivity contribution in [3.05, 3.63) is 99.6 Å². The minimum absolute atomic E-state index is 0. The van der Waals surface area contributed by atoms with E-state index in [1.54, 1.807) is 0 Å². The maximum absolute atomic E-state index is 12.1. The summed E-state index contributed by atoms with van der Waals surface area (Å²) in [5.74, 6) is 1.85. The summed E-state index contributed by atoms with van der Waals surface area (Å²) in [5.41, 5.74) is 0.817. The van der Waals surface area contributed by atoms with Gasteiger partial charge in [0.25, 0.3) is 0 Å². The van der Waals surface area contributed by atoms with E-state index in [0.717, 1.165) is 12.0 Å². The first-order valence-electron chi connectivity index (χ1n) is 7.77. The van der Waals surface area contributed by atoms with Crippen molar-refractivity contribution in [3.63, 3.8) is 0 Å². The van der Waals surface area contributed by atoms with Gasteiger partial charge in [0, 0.05) is 12.0 Å². The van der Waals surface area contributed by atoms with Crippen LogP contribution in [0, 0.1) is 69.6 Å². The van der Waals surface area contributed by atoms with E-state index in [4.69, 9.17) is 0 Å². The van der Waals surface area contributed by atoms with Crippen LogP contribution in [0.1, 0.15) is 30.1 Å². The molecular weight excluding hydrogens is 324 g/mol. The molecule has 0 aliphatic heterocycles. The average Bonchev–Trinajstić information content (AvgIpc) is 3.28. The number of rotatable bonds is 5. The molecule has 10 radical (unpaired) electrons. The van der Waals surface area contributed by atoms with Gasteiger partial charge in [-0.15, -0.1) is 0 Å². The number of carbonyl (C=O) groups is 1. The molecule has 2 saturated carbocycles. The Kier molecular flexibility index (Phi) is 10.6. The van der Waals surface area contributed by atoms with Crippen molar-refractivity contribution in [1.82, 2.24) is 0 Å². The Morgan fingerprint density at radius 2 is 1.39 bits per heavy atom. The number of benzene rings is 1. The van der Waals surface area contributed by atoms with E-state index in [9.17, 15) is 4.79 Å². The fourth-order valence-electron chi connectivity index (χ4n) is 2.45. The normalized spacial score (nSPS) is 18.7. The van der Waals surface area contributed by atoms with Crippen molar-refractivity contribution in [3.8, 4) is 0 Å². The average molecular weight is 346 g/mol. The molecule has 0 N–H and O–H groups in total. The number of hydrogen-bond acceptors (Lipinski definition) is 1. The first-order chi connectivity index (χ1) is 10.8. The standard InChI is InChI=1S/C16H17O.C5H5.Fe/c1-2-13(14-8-6-7-9-14)12-16(17)15-10-4-3-5-11-15;1-2-4-5-3-1;/h3-11,13H,2,12H2,1H3;1-5H;/q;;+2. The van der Waals surface area contributed by atoms with Gasteiger partial charge in [0.05, 0.1) is 0 Å². The molecule has 2 heteroatoms. The number of Topliss-reactive ketones (excluding diaryl/α,β-unsaturated/α-hetero) is 1. The summed E-state index contributed by atoms with van der Waals surface area (Å²) in [5, 5.41) is 0. The van der Waals surface area contributed by atoms with E-state index in [-0.39, 0.29) is 22.9 Å². The Labute approximate surface area is 153 Å². The molecule has 2 fully saturated rings. The summed E-state index contributed by atoms with van der Waals surface area (Å²) in [7, 11) is 0. The molecule has 0 saturated heterocycles. The molecule has 118 valence electrons. The van der Waals surface area contributed by atoms with Gasteiger partial charge < -0.3 is 0 Å². The summed E-state index contributed by atoms with van der Waals surface area (Å²) >= 11 is 0. The van der Waals surface area contributed by atoms with E-state index in [2.05, 4.69) is 19.8 Å². The van der Waals surface area contributed by atoms with Crippen molar-refractivity contribution >= 4 is 5.78 Å². The predicted molar refractivity (Wildman–Crippen MR) is 91.1 cm³/mol. The molecule has 2 aliphatic carbocycles. The van der Waals surface area contributed by atoms with E-state index < -0.39 is 0 Å². The maximum atomic E-state index is 12.1. The van der Waals surface area contributed by atoms with Gasteiger partial charge in [0.1, 0.15) is 0 Å². The smallest absolute Gasteiger partial charge is 0.294 e. The Balaban J connectivity index is 0.000000377. The minimum atomic E-state index is 0. The number of carbonyl (C=O) groups excluding carboxylic acids is 1. The van der Waals surface area contributed by atoms with Gasteiger partial charge in [-0.3, -0.25) is 4.79 Å². The molecule has 3 rings (SSSR count). The maximum Gasteiger partial charge on any atom is 2.00 e. The van der Waals surface area contributed by atoms with Crippen LogP contribution >= 0.6 is 0 Å². The minimum Gasteiger partial charge on any atom is -0.294 e. The summed E-state index contributed by atoms with van der Waals surface area (Å²) in [6.07, 6.45) is 19.9. The summed E-state index contributed by atoms with van der Waals surface area (Å²) < 4.78 is 0. The van der Waals surface area contributed by atoms with E-state index in [1.807, 2.05) is 75.3 Å². The topological polar surface area (TPSA) is 17.1 Å². The summed E-state index contributed by atoms with van der Waals surface area (Å²) in [4.78, 5) is 12.1. The zero-order chi connectivity index (χ0) is 15.6. The molecule has 1 aromatic rings. The third kappa shape index (κ3) is 7.23.